The molecular formula is C17H22N2O2. The second-order valence-corrected chi connectivity index (χ2v) is 4.71. The second kappa shape index (κ2) is 6.88. The number of nitrogen functional groups attached to an aromatic ring is 2. The van der Waals surface area contributed by atoms with Crippen molar-refractivity contribution in [3.63, 3.8) is 0 Å². The molecule has 0 bridgehead atoms. The Labute approximate surface area is 125 Å². The Hall–Kier alpha value is -2.36. The first-order valence-electron chi connectivity index (χ1n) is 7.17. The van der Waals surface area contributed by atoms with Gasteiger partial charge < -0.3 is 20.9 Å². The zero-order valence-electron chi connectivity index (χ0n) is 12.6. The Morgan fingerprint density at radius 1 is 0.762 bits per heavy atom. The predicted molar refractivity (Wildman–Crippen MR) is 86.9 cm³/mol. The molecule has 112 valence electrons. The van der Waals surface area contributed by atoms with E-state index in [2.05, 4.69) is 0 Å². The summed E-state index contributed by atoms with van der Waals surface area (Å²) in [5.41, 5.74) is 15.4. The van der Waals surface area contributed by atoms with Gasteiger partial charge in [0, 0.05) is 17.5 Å². The van der Waals surface area contributed by atoms with Gasteiger partial charge in [0.2, 0.25) is 0 Å². The number of rotatable bonds is 6. The molecule has 21 heavy (non-hydrogen) atoms. The van der Waals surface area contributed by atoms with Crippen LogP contribution in [0.15, 0.2) is 36.4 Å². The lowest BCUT2D eigenvalue weighted by Gasteiger charge is -2.16. The third-order valence-corrected chi connectivity index (χ3v) is 3.21. The Morgan fingerprint density at radius 2 is 1.19 bits per heavy atom. The smallest absolute Gasteiger partial charge is 0.145 e. The van der Waals surface area contributed by atoms with Crippen molar-refractivity contribution < 1.29 is 9.47 Å². The quantitative estimate of drug-likeness (QED) is 0.800. The van der Waals surface area contributed by atoms with Gasteiger partial charge in [-0.3, -0.25) is 0 Å². The molecule has 0 heterocycles. The lowest BCUT2D eigenvalue weighted by Crippen LogP contribution is -2.04. The number of ether oxygens (including phenoxy) is 2. The van der Waals surface area contributed by atoms with Crippen molar-refractivity contribution in [2.24, 2.45) is 0 Å². The van der Waals surface area contributed by atoms with Gasteiger partial charge in [-0.1, -0.05) is 24.3 Å². The van der Waals surface area contributed by atoms with Gasteiger partial charge in [-0.25, -0.2) is 0 Å². The van der Waals surface area contributed by atoms with E-state index >= 15 is 0 Å². The molecule has 2 aromatic carbocycles. The molecule has 0 radical (unpaired) electrons. The lowest BCUT2D eigenvalue weighted by atomic mass is 10.0. The van der Waals surface area contributed by atoms with Crippen LogP contribution < -0.4 is 20.9 Å². The summed E-state index contributed by atoms with van der Waals surface area (Å²) in [5, 5.41) is 0. The Balaban J connectivity index is 2.39. The van der Waals surface area contributed by atoms with Crippen LogP contribution in [0.1, 0.15) is 25.0 Å². The summed E-state index contributed by atoms with van der Waals surface area (Å²) < 4.78 is 11.3. The van der Waals surface area contributed by atoms with Crippen LogP contribution in [0.25, 0.3) is 0 Å². The number of anilines is 2. The summed E-state index contributed by atoms with van der Waals surface area (Å²) in [6.45, 7) is 5.05. The van der Waals surface area contributed by atoms with E-state index in [9.17, 15) is 0 Å². The Kier molecular flexibility index (Phi) is 4.93. The number of nitrogens with two attached hydrogens (primary N) is 2. The largest absolute Gasteiger partial charge is 0.491 e. The highest BCUT2D eigenvalue weighted by Gasteiger charge is 2.12. The predicted octanol–water partition coefficient (Wildman–Crippen LogP) is 3.24. The molecule has 2 rings (SSSR count). The summed E-state index contributed by atoms with van der Waals surface area (Å²) in [7, 11) is 0. The maximum Gasteiger partial charge on any atom is 0.145 e. The standard InChI is InChI=1S/C17H22N2O2/c1-3-20-16-12(7-5-9-14(16)18)11-13-8-6-10-15(19)17(13)21-4-2/h5-10H,3-4,11,18-19H2,1-2H3. The van der Waals surface area contributed by atoms with Gasteiger partial charge in [-0.2, -0.15) is 0 Å². The minimum Gasteiger partial charge on any atom is -0.491 e. The van der Waals surface area contributed by atoms with Crippen molar-refractivity contribution in [1.29, 1.82) is 0 Å². The summed E-state index contributed by atoms with van der Waals surface area (Å²) in [4.78, 5) is 0. The molecule has 4 nitrogen and oxygen atoms in total. The topological polar surface area (TPSA) is 70.5 Å². The number of benzene rings is 2. The highest BCUT2D eigenvalue weighted by atomic mass is 16.5. The van der Waals surface area contributed by atoms with Gasteiger partial charge in [0.25, 0.3) is 0 Å². The van der Waals surface area contributed by atoms with Gasteiger partial charge in [0.15, 0.2) is 0 Å². The normalized spacial score (nSPS) is 10.4. The monoisotopic (exact) mass is 286 g/mol. The third-order valence-electron chi connectivity index (χ3n) is 3.21. The van der Waals surface area contributed by atoms with Crippen LogP contribution in [-0.2, 0) is 6.42 Å². The van der Waals surface area contributed by atoms with Crippen LogP contribution in [0.3, 0.4) is 0 Å². The van der Waals surface area contributed by atoms with Crippen LogP contribution in [0, 0.1) is 0 Å². The molecule has 4 N–H and O–H groups in total. The van der Waals surface area contributed by atoms with Gasteiger partial charge in [0.05, 0.1) is 24.6 Å². The van der Waals surface area contributed by atoms with Crippen molar-refractivity contribution in [2.45, 2.75) is 20.3 Å². The molecule has 0 amide bonds. The summed E-state index contributed by atoms with van der Waals surface area (Å²) >= 11 is 0. The molecule has 0 spiro atoms. The van der Waals surface area contributed by atoms with E-state index in [-0.39, 0.29) is 0 Å². The minimum absolute atomic E-state index is 0.580. The van der Waals surface area contributed by atoms with E-state index in [1.807, 2.05) is 50.2 Å². The van der Waals surface area contributed by atoms with Crippen LogP contribution in [0.5, 0.6) is 11.5 Å². The van der Waals surface area contributed by atoms with E-state index in [0.717, 1.165) is 22.6 Å². The number of hydrogen-bond acceptors (Lipinski definition) is 4. The molecule has 0 saturated carbocycles. The molecule has 0 atom stereocenters. The van der Waals surface area contributed by atoms with Crippen LogP contribution in [0.2, 0.25) is 0 Å². The molecule has 0 aliphatic heterocycles. The zero-order chi connectivity index (χ0) is 15.2. The lowest BCUT2D eigenvalue weighted by molar-refractivity contribution is 0.335. The molecule has 0 aliphatic carbocycles. The highest BCUT2D eigenvalue weighted by Crippen LogP contribution is 2.33. The van der Waals surface area contributed by atoms with Crippen molar-refractivity contribution in [3.8, 4) is 11.5 Å². The van der Waals surface area contributed by atoms with Gasteiger partial charge in [-0.15, -0.1) is 0 Å². The molecule has 2 aromatic rings. The van der Waals surface area contributed by atoms with Crippen LogP contribution >= 0.6 is 0 Å². The molecular weight excluding hydrogens is 264 g/mol. The summed E-state index contributed by atoms with van der Waals surface area (Å²) in [6, 6.07) is 11.6. The fourth-order valence-electron chi connectivity index (χ4n) is 2.33. The minimum atomic E-state index is 0.580. The maximum absolute atomic E-state index is 6.01. The van der Waals surface area contributed by atoms with Crippen molar-refractivity contribution in [3.05, 3.63) is 47.5 Å². The molecule has 0 saturated heterocycles. The van der Waals surface area contributed by atoms with Crippen molar-refractivity contribution >= 4 is 11.4 Å². The number of para-hydroxylation sites is 2. The summed E-state index contributed by atoms with van der Waals surface area (Å²) in [6.07, 6.45) is 0.667. The van der Waals surface area contributed by atoms with E-state index in [0.29, 0.717) is 31.0 Å². The SMILES string of the molecule is CCOc1c(N)cccc1Cc1cccc(N)c1OCC. The maximum atomic E-state index is 6.01. The van der Waals surface area contributed by atoms with Gasteiger partial charge in [-0.05, 0) is 26.0 Å². The second-order valence-electron chi connectivity index (χ2n) is 4.71. The molecule has 0 unspecified atom stereocenters. The van der Waals surface area contributed by atoms with Crippen molar-refractivity contribution in [1.82, 2.24) is 0 Å². The summed E-state index contributed by atoms with van der Waals surface area (Å²) in [5.74, 6) is 1.48. The average molecular weight is 286 g/mol. The fraction of sp³-hybridized carbons (Fsp3) is 0.294. The molecule has 0 fully saturated rings. The van der Waals surface area contributed by atoms with Crippen LogP contribution in [-0.4, -0.2) is 13.2 Å². The first kappa shape index (κ1) is 15.0. The molecule has 0 aliphatic rings. The molecule has 0 aromatic heterocycles. The first-order valence-corrected chi connectivity index (χ1v) is 7.17. The van der Waals surface area contributed by atoms with E-state index < -0.39 is 0 Å². The van der Waals surface area contributed by atoms with E-state index in [4.69, 9.17) is 20.9 Å². The molecule has 4 heteroatoms. The first-order chi connectivity index (χ1) is 10.2. The van der Waals surface area contributed by atoms with Crippen LogP contribution in [0.4, 0.5) is 11.4 Å². The van der Waals surface area contributed by atoms with E-state index in [1.165, 1.54) is 0 Å². The third kappa shape index (κ3) is 3.40. The highest BCUT2D eigenvalue weighted by molar-refractivity contribution is 5.61. The van der Waals surface area contributed by atoms with E-state index in [1.54, 1.807) is 0 Å². The number of hydrogen-bond donors (Lipinski definition) is 2. The van der Waals surface area contributed by atoms with Gasteiger partial charge >= 0.3 is 0 Å². The zero-order valence-corrected chi connectivity index (χ0v) is 12.6. The Bertz CT molecular complexity index is 558. The van der Waals surface area contributed by atoms with Gasteiger partial charge in [0.1, 0.15) is 11.5 Å². The van der Waals surface area contributed by atoms with Crippen molar-refractivity contribution in [2.75, 3.05) is 24.7 Å². The Morgan fingerprint density at radius 3 is 1.57 bits per heavy atom. The average Bonchev–Trinajstić information content (AvgIpc) is 2.46. The fourth-order valence-corrected chi connectivity index (χ4v) is 2.33.